The van der Waals surface area contributed by atoms with Crippen LogP contribution in [0.15, 0.2) is 91.0 Å². The molecule has 0 saturated carbocycles. The first-order chi connectivity index (χ1) is 11.4. The van der Waals surface area contributed by atoms with Gasteiger partial charge < -0.3 is 0 Å². The van der Waals surface area contributed by atoms with Crippen molar-refractivity contribution in [2.24, 2.45) is 0 Å². The molecule has 3 rings (SSSR count). The van der Waals surface area contributed by atoms with Crippen molar-refractivity contribution < 1.29 is 4.84 Å². The highest BCUT2D eigenvalue weighted by Crippen LogP contribution is 2.12. The average Bonchev–Trinajstić information content (AvgIpc) is 2.62. The van der Waals surface area contributed by atoms with Gasteiger partial charge in [0.05, 0.1) is 6.61 Å². The molecule has 3 aromatic rings. The van der Waals surface area contributed by atoms with Crippen LogP contribution in [0.5, 0.6) is 0 Å². The molecule has 0 bridgehead atoms. The number of nitrogens with zero attached hydrogens (tertiary/aromatic N) is 1. The molecule has 0 unspecified atom stereocenters. The van der Waals surface area contributed by atoms with E-state index >= 15 is 0 Å². The average molecular weight is 303 g/mol. The van der Waals surface area contributed by atoms with E-state index in [2.05, 4.69) is 60.7 Å². The molecular formula is C21H21NO. The summed E-state index contributed by atoms with van der Waals surface area (Å²) in [5.74, 6) is 0. The molecule has 116 valence electrons. The lowest BCUT2D eigenvalue weighted by Crippen LogP contribution is -2.23. The van der Waals surface area contributed by atoms with Gasteiger partial charge in [0, 0.05) is 13.1 Å². The van der Waals surface area contributed by atoms with E-state index in [-0.39, 0.29) is 0 Å². The van der Waals surface area contributed by atoms with Crippen LogP contribution in [0.2, 0.25) is 0 Å². The Bertz CT molecular complexity index is 641. The highest BCUT2D eigenvalue weighted by atomic mass is 16.7. The summed E-state index contributed by atoms with van der Waals surface area (Å²) < 4.78 is 0. The van der Waals surface area contributed by atoms with Gasteiger partial charge in [-0.15, -0.1) is 0 Å². The molecule has 0 fully saturated rings. The van der Waals surface area contributed by atoms with Crippen LogP contribution in [-0.4, -0.2) is 5.06 Å². The van der Waals surface area contributed by atoms with Gasteiger partial charge in [0.2, 0.25) is 0 Å². The Labute approximate surface area is 137 Å². The van der Waals surface area contributed by atoms with Crippen molar-refractivity contribution in [3.8, 4) is 0 Å². The second kappa shape index (κ2) is 8.28. The molecule has 0 spiro atoms. The zero-order chi connectivity index (χ0) is 15.7. The fourth-order valence-corrected chi connectivity index (χ4v) is 2.46. The summed E-state index contributed by atoms with van der Waals surface area (Å²) in [6, 6.07) is 31.1. The van der Waals surface area contributed by atoms with Crippen LogP contribution in [0.1, 0.15) is 16.7 Å². The van der Waals surface area contributed by atoms with Crippen LogP contribution in [0.3, 0.4) is 0 Å². The van der Waals surface area contributed by atoms with Crippen molar-refractivity contribution in [1.29, 1.82) is 0 Å². The maximum Gasteiger partial charge on any atom is 0.0936 e. The monoisotopic (exact) mass is 303 g/mol. The first kappa shape index (κ1) is 15.5. The van der Waals surface area contributed by atoms with Crippen LogP contribution in [0.25, 0.3) is 0 Å². The van der Waals surface area contributed by atoms with Gasteiger partial charge in [-0.25, -0.2) is 0 Å². The third kappa shape index (κ3) is 5.06. The van der Waals surface area contributed by atoms with Gasteiger partial charge in [0.15, 0.2) is 0 Å². The van der Waals surface area contributed by atoms with Crippen molar-refractivity contribution in [1.82, 2.24) is 5.06 Å². The predicted molar refractivity (Wildman–Crippen MR) is 93.4 cm³/mol. The fraction of sp³-hybridized carbons (Fsp3) is 0.143. The normalized spacial score (nSPS) is 10.8. The molecule has 3 aromatic carbocycles. The van der Waals surface area contributed by atoms with E-state index < -0.39 is 0 Å². The Morgan fingerprint density at radius 2 is 0.913 bits per heavy atom. The third-order valence-electron chi connectivity index (χ3n) is 3.66. The first-order valence-corrected chi connectivity index (χ1v) is 7.90. The molecule has 23 heavy (non-hydrogen) atoms. The zero-order valence-corrected chi connectivity index (χ0v) is 13.1. The van der Waals surface area contributed by atoms with Gasteiger partial charge in [-0.2, -0.15) is 5.06 Å². The molecule has 0 N–H and O–H groups in total. The van der Waals surface area contributed by atoms with E-state index in [4.69, 9.17) is 4.84 Å². The molecule has 0 radical (unpaired) electrons. The second-order valence-electron chi connectivity index (χ2n) is 5.53. The predicted octanol–water partition coefficient (Wildman–Crippen LogP) is 4.82. The van der Waals surface area contributed by atoms with Crippen molar-refractivity contribution in [3.05, 3.63) is 108 Å². The standard InChI is InChI=1S/C21H21NO/c1-4-10-19(11-5-1)16-22(17-20-12-6-2-7-13-20)23-18-21-14-8-3-9-15-21/h1-15H,16-18H2. The molecule has 0 amide bonds. The van der Waals surface area contributed by atoms with Crippen molar-refractivity contribution in [3.63, 3.8) is 0 Å². The van der Waals surface area contributed by atoms with Gasteiger partial charge in [0.25, 0.3) is 0 Å². The molecule has 2 heteroatoms. The Morgan fingerprint density at radius 3 is 1.35 bits per heavy atom. The Kier molecular flexibility index (Phi) is 5.57. The zero-order valence-electron chi connectivity index (χ0n) is 13.1. The van der Waals surface area contributed by atoms with Crippen LogP contribution < -0.4 is 0 Å². The third-order valence-corrected chi connectivity index (χ3v) is 3.66. The molecule has 0 heterocycles. The van der Waals surface area contributed by atoms with Crippen molar-refractivity contribution >= 4 is 0 Å². The summed E-state index contributed by atoms with van der Waals surface area (Å²) in [6.07, 6.45) is 0. The molecule has 0 aliphatic rings. The maximum absolute atomic E-state index is 6.07. The SMILES string of the molecule is c1ccc(CON(Cc2ccccc2)Cc2ccccc2)cc1. The minimum atomic E-state index is 0.584. The molecule has 0 saturated heterocycles. The van der Waals surface area contributed by atoms with E-state index in [0.29, 0.717) is 6.61 Å². The lowest BCUT2D eigenvalue weighted by Gasteiger charge is -2.22. The largest absolute Gasteiger partial charge is 0.294 e. The van der Waals surface area contributed by atoms with E-state index in [9.17, 15) is 0 Å². The van der Waals surface area contributed by atoms with Crippen LogP contribution in [0.4, 0.5) is 0 Å². The van der Waals surface area contributed by atoms with Crippen LogP contribution in [-0.2, 0) is 24.5 Å². The summed E-state index contributed by atoms with van der Waals surface area (Å²) in [5.41, 5.74) is 3.67. The summed E-state index contributed by atoms with van der Waals surface area (Å²) in [5, 5.41) is 2.03. The van der Waals surface area contributed by atoms with E-state index in [1.165, 1.54) is 16.7 Å². The quantitative estimate of drug-likeness (QED) is 0.580. The number of hydroxylamine groups is 2. The van der Waals surface area contributed by atoms with Gasteiger partial charge in [-0.05, 0) is 16.7 Å². The highest BCUT2D eigenvalue weighted by molar-refractivity contribution is 5.17. The Morgan fingerprint density at radius 1 is 0.522 bits per heavy atom. The fourth-order valence-electron chi connectivity index (χ4n) is 2.46. The number of hydrogen-bond donors (Lipinski definition) is 0. The summed E-state index contributed by atoms with van der Waals surface area (Å²) in [6.45, 7) is 2.12. The second-order valence-corrected chi connectivity index (χ2v) is 5.53. The molecule has 0 atom stereocenters. The first-order valence-electron chi connectivity index (χ1n) is 7.90. The van der Waals surface area contributed by atoms with Crippen molar-refractivity contribution in [2.45, 2.75) is 19.7 Å². The summed E-state index contributed by atoms with van der Waals surface area (Å²) >= 11 is 0. The summed E-state index contributed by atoms with van der Waals surface area (Å²) in [7, 11) is 0. The smallest absolute Gasteiger partial charge is 0.0936 e. The van der Waals surface area contributed by atoms with E-state index in [1.807, 2.05) is 35.4 Å². The van der Waals surface area contributed by atoms with Gasteiger partial charge in [0.1, 0.15) is 0 Å². The molecule has 0 aliphatic carbocycles. The van der Waals surface area contributed by atoms with Gasteiger partial charge in [-0.1, -0.05) is 91.0 Å². The number of benzene rings is 3. The lowest BCUT2D eigenvalue weighted by molar-refractivity contribution is -0.184. The molecular weight excluding hydrogens is 282 g/mol. The van der Waals surface area contributed by atoms with Crippen LogP contribution in [0, 0.1) is 0 Å². The minimum Gasteiger partial charge on any atom is -0.294 e. The Hall–Kier alpha value is -2.42. The number of rotatable bonds is 7. The van der Waals surface area contributed by atoms with E-state index in [0.717, 1.165) is 13.1 Å². The molecule has 0 aromatic heterocycles. The van der Waals surface area contributed by atoms with Gasteiger partial charge in [-0.3, -0.25) is 4.84 Å². The molecule has 0 aliphatic heterocycles. The van der Waals surface area contributed by atoms with Crippen molar-refractivity contribution in [2.75, 3.05) is 0 Å². The van der Waals surface area contributed by atoms with Gasteiger partial charge >= 0.3 is 0 Å². The van der Waals surface area contributed by atoms with E-state index in [1.54, 1.807) is 0 Å². The Balaban J connectivity index is 1.67. The lowest BCUT2D eigenvalue weighted by atomic mass is 10.2. The summed E-state index contributed by atoms with van der Waals surface area (Å²) in [4.78, 5) is 6.07. The highest BCUT2D eigenvalue weighted by Gasteiger charge is 2.08. The minimum absolute atomic E-state index is 0.584. The maximum atomic E-state index is 6.07. The number of hydrogen-bond acceptors (Lipinski definition) is 2. The topological polar surface area (TPSA) is 12.5 Å². The van der Waals surface area contributed by atoms with Crippen LogP contribution >= 0.6 is 0 Å². The molecule has 2 nitrogen and oxygen atoms in total.